The van der Waals surface area contributed by atoms with Crippen LogP contribution in [0.25, 0.3) is 11.3 Å². The molecule has 4 rings (SSSR count). The maximum absolute atomic E-state index is 13.3. The number of ether oxygens (including phenoxy) is 3. The second kappa shape index (κ2) is 9.95. The zero-order valence-corrected chi connectivity index (χ0v) is 18.9. The summed E-state index contributed by atoms with van der Waals surface area (Å²) in [6.07, 6.45) is 1.33. The smallest absolute Gasteiger partial charge is 0.213 e. The predicted molar refractivity (Wildman–Crippen MR) is 127 cm³/mol. The molecule has 0 spiro atoms. The summed E-state index contributed by atoms with van der Waals surface area (Å²) < 4.78 is 15.6. The molecule has 1 aromatic heterocycles. The number of carbonyl (C=O) groups is 2. The Morgan fingerprint density at radius 3 is 1.53 bits per heavy atom. The van der Waals surface area contributed by atoms with Crippen LogP contribution in [0.2, 0.25) is 0 Å². The van der Waals surface area contributed by atoms with Crippen LogP contribution in [0.1, 0.15) is 32.1 Å². The summed E-state index contributed by atoms with van der Waals surface area (Å²) in [6.45, 7) is 0. The first-order valence-electron chi connectivity index (χ1n) is 10.4. The van der Waals surface area contributed by atoms with E-state index in [4.69, 9.17) is 14.2 Å². The van der Waals surface area contributed by atoms with Crippen molar-refractivity contribution in [2.24, 2.45) is 0 Å². The average Bonchev–Trinajstić information content (AvgIpc) is 2.92. The van der Waals surface area contributed by atoms with Crippen molar-refractivity contribution in [3.63, 3.8) is 0 Å². The molecule has 170 valence electrons. The Hall–Kier alpha value is -4.52. The van der Waals surface area contributed by atoms with Crippen molar-refractivity contribution in [1.82, 2.24) is 9.97 Å². The van der Waals surface area contributed by atoms with E-state index >= 15 is 0 Å². The lowest BCUT2D eigenvalue weighted by atomic mass is 10.0. The minimum absolute atomic E-state index is 0.127. The fourth-order valence-corrected chi connectivity index (χ4v) is 3.38. The summed E-state index contributed by atoms with van der Waals surface area (Å²) in [5.41, 5.74) is 2.07. The first-order valence-corrected chi connectivity index (χ1v) is 10.4. The third kappa shape index (κ3) is 4.63. The molecule has 4 aromatic rings. The molecule has 0 saturated heterocycles. The second-order valence-electron chi connectivity index (χ2n) is 7.30. The van der Waals surface area contributed by atoms with E-state index in [2.05, 4.69) is 9.97 Å². The lowest BCUT2D eigenvalue weighted by Gasteiger charge is -2.11. The van der Waals surface area contributed by atoms with Gasteiger partial charge in [0.2, 0.25) is 11.6 Å². The van der Waals surface area contributed by atoms with Crippen LogP contribution in [0.4, 0.5) is 0 Å². The molecule has 0 bridgehead atoms. The molecule has 0 atom stereocenters. The average molecular weight is 454 g/mol. The minimum Gasteiger partial charge on any atom is -0.497 e. The molecule has 0 amide bonds. The van der Waals surface area contributed by atoms with Crippen molar-refractivity contribution in [2.45, 2.75) is 0 Å². The van der Waals surface area contributed by atoms with Crippen molar-refractivity contribution in [3.05, 3.63) is 102 Å². The molecule has 0 unspecified atom stereocenters. The van der Waals surface area contributed by atoms with Crippen molar-refractivity contribution >= 4 is 11.6 Å². The molecule has 0 aliphatic carbocycles. The van der Waals surface area contributed by atoms with Gasteiger partial charge >= 0.3 is 0 Å². The molecule has 3 aromatic carbocycles. The van der Waals surface area contributed by atoms with Crippen LogP contribution in [0.5, 0.6) is 17.2 Å². The monoisotopic (exact) mass is 454 g/mol. The molecule has 0 radical (unpaired) electrons. The van der Waals surface area contributed by atoms with Gasteiger partial charge in [0.25, 0.3) is 0 Å². The minimum atomic E-state index is -0.315. The Kier molecular flexibility index (Phi) is 6.64. The van der Waals surface area contributed by atoms with Crippen molar-refractivity contribution in [2.75, 3.05) is 21.3 Å². The number of hydrogen-bond donors (Lipinski definition) is 0. The number of rotatable bonds is 8. The zero-order valence-electron chi connectivity index (χ0n) is 18.9. The van der Waals surface area contributed by atoms with Crippen molar-refractivity contribution in [3.8, 4) is 28.5 Å². The fourth-order valence-electron chi connectivity index (χ4n) is 3.38. The maximum atomic E-state index is 13.3. The fraction of sp³-hybridized carbons (Fsp3) is 0.111. The van der Waals surface area contributed by atoms with Gasteiger partial charge in [-0.05, 0) is 72.8 Å². The van der Waals surface area contributed by atoms with Crippen molar-refractivity contribution < 1.29 is 23.8 Å². The Labute approximate surface area is 197 Å². The topological polar surface area (TPSA) is 87.6 Å². The van der Waals surface area contributed by atoms with Crippen LogP contribution < -0.4 is 14.2 Å². The molecule has 1 heterocycles. The quantitative estimate of drug-likeness (QED) is 0.359. The Balaban J connectivity index is 1.78. The standard InChI is InChI=1S/C27H22N2O5/c1-32-20-10-4-17(5-11-20)24-25(27(31)19-8-14-22(34-3)15-9-19)28-16-23(29-24)26(30)18-6-12-21(33-2)13-7-18/h4-16H,1-3H3. The third-order valence-corrected chi connectivity index (χ3v) is 5.29. The van der Waals surface area contributed by atoms with Gasteiger partial charge in [-0.1, -0.05) is 0 Å². The van der Waals surface area contributed by atoms with Gasteiger partial charge in [0.05, 0.1) is 27.5 Å². The van der Waals surface area contributed by atoms with E-state index in [-0.39, 0.29) is 23.0 Å². The molecule has 0 saturated carbocycles. The highest BCUT2D eigenvalue weighted by atomic mass is 16.5. The molecule has 0 aliphatic heterocycles. The largest absolute Gasteiger partial charge is 0.497 e. The molecule has 7 heteroatoms. The van der Waals surface area contributed by atoms with Gasteiger partial charge in [-0.15, -0.1) is 0 Å². The van der Waals surface area contributed by atoms with Crippen LogP contribution in [-0.4, -0.2) is 42.9 Å². The van der Waals surface area contributed by atoms with Gasteiger partial charge in [-0.3, -0.25) is 9.59 Å². The Bertz CT molecular complexity index is 1310. The summed E-state index contributed by atoms with van der Waals surface area (Å²) in [6, 6.07) is 20.5. The molecule has 34 heavy (non-hydrogen) atoms. The van der Waals surface area contributed by atoms with Gasteiger partial charge in [0.15, 0.2) is 0 Å². The zero-order chi connectivity index (χ0) is 24.1. The number of methoxy groups -OCH3 is 3. The van der Waals surface area contributed by atoms with Crippen LogP contribution >= 0.6 is 0 Å². The molecular formula is C27H22N2O5. The number of aromatic nitrogens is 2. The van der Waals surface area contributed by atoms with Gasteiger partial charge in [0.1, 0.15) is 34.3 Å². The van der Waals surface area contributed by atoms with Gasteiger partial charge < -0.3 is 14.2 Å². The number of benzene rings is 3. The molecule has 0 N–H and O–H groups in total. The van der Waals surface area contributed by atoms with Crippen LogP contribution in [-0.2, 0) is 0 Å². The first kappa shape index (κ1) is 22.7. The molecule has 0 fully saturated rings. The van der Waals surface area contributed by atoms with E-state index in [0.29, 0.717) is 39.6 Å². The third-order valence-electron chi connectivity index (χ3n) is 5.29. The summed E-state index contributed by atoms with van der Waals surface area (Å²) in [5.74, 6) is 1.31. The predicted octanol–water partition coefficient (Wildman–Crippen LogP) is 4.63. The highest BCUT2D eigenvalue weighted by Crippen LogP contribution is 2.26. The SMILES string of the molecule is COc1ccc(C(=O)c2cnc(C(=O)c3ccc(OC)cc3)c(-c3ccc(OC)cc3)n2)cc1. The summed E-state index contributed by atoms with van der Waals surface area (Å²) in [7, 11) is 4.69. The van der Waals surface area contributed by atoms with Gasteiger partial charge in [-0.2, -0.15) is 0 Å². The normalized spacial score (nSPS) is 10.4. The van der Waals surface area contributed by atoms with E-state index in [1.165, 1.54) is 6.20 Å². The second-order valence-corrected chi connectivity index (χ2v) is 7.30. The van der Waals surface area contributed by atoms with E-state index in [0.717, 1.165) is 0 Å². The van der Waals surface area contributed by atoms with E-state index in [9.17, 15) is 9.59 Å². The van der Waals surface area contributed by atoms with Crippen LogP contribution in [0, 0.1) is 0 Å². The Morgan fingerprint density at radius 1 is 0.618 bits per heavy atom. The summed E-state index contributed by atoms with van der Waals surface area (Å²) in [4.78, 5) is 35.4. The number of nitrogens with zero attached hydrogens (tertiary/aromatic N) is 2. The lowest BCUT2D eigenvalue weighted by molar-refractivity contribution is 0.102. The van der Waals surface area contributed by atoms with E-state index < -0.39 is 0 Å². The van der Waals surface area contributed by atoms with E-state index in [1.54, 1.807) is 94.1 Å². The highest BCUT2D eigenvalue weighted by Gasteiger charge is 2.21. The first-order chi connectivity index (χ1) is 16.5. The molecule has 7 nitrogen and oxygen atoms in total. The van der Waals surface area contributed by atoms with Crippen LogP contribution in [0.3, 0.4) is 0 Å². The van der Waals surface area contributed by atoms with Crippen LogP contribution in [0.15, 0.2) is 79.0 Å². The van der Waals surface area contributed by atoms with E-state index in [1.807, 2.05) is 0 Å². The number of ketones is 2. The Morgan fingerprint density at radius 2 is 1.06 bits per heavy atom. The summed E-state index contributed by atoms with van der Waals surface area (Å²) >= 11 is 0. The lowest BCUT2D eigenvalue weighted by Crippen LogP contribution is -2.12. The van der Waals surface area contributed by atoms with Gasteiger partial charge in [0, 0.05) is 16.7 Å². The summed E-state index contributed by atoms with van der Waals surface area (Å²) in [5, 5.41) is 0. The highest BCUT2D eigenvalue weighted by molar-refractivity contribution is 6.12. The maximum Gasteiger partial charge on any atom is 0.213 e. The molecular weight excluding hydrogens is 432 g/mol. The molecule has 0 aliphatic rings. The number of hydrogen-bond acceptors (Lipinski definition) is 7. The van der Waals surface area contributed by atoms with Gasteiger partial charge in [-0.25, -0.2) is 9.97 Å². The van der Waals surface area contributed by atoms with Crippen molar-refractivity contribution in [1.29, 1.82) is 0 Å². The number of carbonyl (C=O) groups excluding carboxylic acids is 2.